The van der Waals surface area contributed by atoms with Gasteiger partial charge in [0.1, 0.15) is 15.8 Å². The first-order valence-electron chi connectivity index (χ1n) is 8.11. The summed E-state index contributed by atoms with van der Waals surface area (Å²) in [5.74, 6) is 1.10. The second-order valence-electron chi connectivity index (χ2n) is 5.93. The third-order valence-electron chi connectivity index (χ3n) is 3.95. The molecule has 2 heterocycles. The molecule has 0 aliphatic carbocycles. The van der Waals surface area contributed by atoms with Crippen molar-refractivity contribution in [1.29, 1.82) is 0 Å². The number of ether oxygens (including phenoxy) is 1. The van der Waals surface area contributed by atoms with Crippen LogP contribution in [0.15, 0.2) is 33.6 Å². The van der Waals surface area contributed by atoms with Crippen LogP contribution in [0.2, 0.25) is 5.15 Å². The highest BCUT2D eigenvalue weighted by Crippen LogP contribution is 2.32. The Morgan fingerprint density at radius 1 is 1.42 bits per heavy atom. The van der Waals surface area contributed by atoms with Crippen molar-refractivity contribution in [2.75, 3.05) is 6.61 Å². The normalized spacial score (nSPS) is 13.3. The maximum Gasteiger partial charge on any atom is 0.246 e. The molecule has 9 heteroatoms. The number of halogens is 1. The summed E-state index contributed by atoms with van der Waals surface area (Å²) in [6, 6.07) is 6.75. The SMILES string of the molecule is CCOc1cccc2cc(C(C)NS(=O)(=O)c3c(C)nn(C)c3Cl)oc12. The fraction of sp³-hybridized carbons (Fsp3) is 0.353. The predicted molar refractivity (Wildman–Crippen MR) is 99.1 cm³/mol. The van der Waals surface area contributed by atoms with Crippen molar-refractivity contribution < 1.29 is 17.6 Å². The van der Waals surface area contributed by atoms with Gasteiger partial charge in [-0.15, -0.1) is 0 Å². The van der Waals surface area contributed by atoms with Gasteiger partial charge in [-0.2, -0.15) is 5.10 Å². The number of aromatic nitrogens is 2. The number of para-hydroxylation sites is 1. The van der Waals surface area contributed by atoms with Gasteiger partial charge in [-0.1, -0.05) is 23.7 Å². The van der Waals surface area contributed by atoms with Gasteiger partial charge >= 0.3 is 0 Å². The number of benzene rings is 1. The van der Waals surface area contributed by atoms with Crippen molar-refractivity contribution in [2.24, 2.45) is 7.05 Å². The fourth-order valence-electron chi connectivity index (χ4n) is 2.80. The summed E-state index contributed by atoms with van der Waals surface area (Å²) >= 11 is 6.09. The highest BCUT2D eigenvalue weighted by Gasteiger charge is 2.28. The second kappa shape index (κ2) is 6.94. The van der Waals surface area contributed by atoms with Crippen LogP contribution < -0.4 is 9.46 Å². The zero-order valence-electron chi connectivity index (χ0n) is 14.9. The summed E-state index contributed by atoms with van der Waals surface area (Å²) in [5, 5.41) is 4.95. The Bertz CT molecular complexity index is 1060. The van der Waals surface area contributed by atoms with E-state index in [1.54, 1.807) is 27.0 Å². The standard InChI is InChI=1S/C17H20ClN3O4S/c1-5-24-13-8-6-7-12-9-14(25-15(12)13)10(2)20-26(22,23)16-11(3)19-21(4)17(16)18/h6-10,20H,5H2,1-4H3. The monoisotopic (exact) mass is 397 g/mol. The van der Waals surface area contributed by atoms with Crippen molar-refractivity contribution in [3.8, 4) is 5.75 Å². The maximum atomic E-state index is 12.7. The average Bonchev–Trinajstić information content (AvgIpc) is 3.09. The number of hydrogen-bond donors (Lipinski definition) is 1. The molecule has 0 saturated heterocycles. The van der Waals surface area contributed by atoms with E-state index in [1.165, 1.54) is 4.68 Å². The molecule has 0 amide bonds. The van der Waals surface area contributed by atoms with E-state index in [9.17, 15) is 8.42 Å². The number of nitrogens with zero attached hydrogens (tertiary/aromatic N) is 2. The Morgan fingerprint density at radius 3 is 2.77 bits per heavy atom. The highest BCUT2D eigenvalue weighted by atomic mass is 35.5. The first-order valence-corrected chi connectivity index (χ1v) is 9.97. The van der Waals surface area contributed by atoms with Gasteiger partial charge in [0.25, 0.3) is 0 Å². The maximum absolute atomic E-state index is 12.7. The number of nitrogens with one attached hydrogen (secondary N) is 1. The van der Waals surface area contributed by atoms with Gasteiger partial charge in [0.2, 0.25) is 10.0 Å². The second-order valence-corrected chi connectivity index (χ2v) is 7.94. The molecule has 26 heavy (non-hydrogen) atoms. The van der Waals surface area contributed by atoms with Crippen LogP contribution in [-0.4, -0.2) is 24.8 Å². The Morgan fingerprint density at radius 2 is 2.15 bits per heavy atom. The van der Waals surface area contributed by atoms with Gasteiger partial charge in [-0.25, -0.2) is 13.1 Å². The molecule has 1 aromatic carbocycles. The van der Waals surface area contributed by atoms with E-state index in [1.807, 2.05) is 25.1 Å². The molecule has 7 nitrogen and oxygen atoms in total. The summed E-state index contributed by atoms with van der Waals surface area (Å²) in [6.07, 6.45) is 0. The molecule has 2 aromatic heterocycles. The largest absolute Gasteiger partial charge is 0.490 e. The van der Waals surface area contributed by atoms with Crippen molar-refractivity contribution >= 4 is 32.6 Å². The number of rotatable bonds is 6. The van der Waals surface area contributed by atoms with Gasteiger partial charge in [0.05, 0.1) is 18.3 Å². The number of furan rings is 1. The van der Waals surface area contributed by atoms with Gasteiger partial charge < -0.3 is 9.15 Å². The first-order chi connectivity index (χ1) is 12.2. The molecule has 0 spiro atoms. The lowest BCUT2D eigenvalue weighted by atomic mass is 10.2. The Labute approximate surface area is 156 Å². The molecule has 0 bridgehead atoms. The van der Waals surface area contributed by atoms with Gasteiger partial charge in [0.15, 0.2) is 11.3 Å². The van der Waals surface area contributed by atoms with E-state index in [-0.39, 0.29) is 10.0 Å². The molecular weight excluding hydrogens is 378 g/mol. The van der Waals surface area contributed by atoms with Gasteiger partial charge in [-0.05, 0) is 32.9 Å². The molecule has 1 unspecified atom stereocenters. The Kier molecular flexibility index (Phi) is 5.01. The summed E-state index contributed by atoms with van der Waals surface area (Å²) < 4.78 is 40.8. The minimum atomic E-state index is -3.86. The van der Waals surface area contributed by atoms with Crippen LogP contribution in [0.4, 0.5) is 0 Å². The van der Waals surface area contributed by atoms with Crippen LogP contribution in [-0.2, 0) is 17.1 Å². The quantitative estimate of drug-likeness (QED) is 0.687. The van der Waals surface area contributed by atoms with Crippen LogP contribution in [0.25, 0.3) is 11.0 Å². The minimum absolute atomic E-state index is 0.0281. The summed E-state index contributed by atoms with van der Waals surface area (Å²) in [5.41, 5.74) is 0.923. The molecule has 3 aromatic rings. The van der Waals surface area contributed by atoms with Crippen LogP contribution in [0, 0.1) is 6.92 Å². The van der Waals surface area contributed by atoms with Crippen molar-refractivity contribution in [2.45, 2.75) is 31.7 Å². The fourth-order valence-corrected chi connectivity index (χ4v) is 4.77. The highest BCUT2D eigenvalue weighted by molar-refractivity contribution is 7.89. The van der Waals surface area contributed by atoms with Crippen LogP contribution >= 0.6 is 11.6 Å². The lowest BCUT2D eigenvalue weighted by Gasteiger charge is -2.12. The van der Waals surface area contributed by atoms with E-state index in [0.29, 0.717) is 29.4 Å². The molecule has 0 fully saturated rings. The third-order valence-corrected chi connectivity index (χ3v) is 6.19. The molecule has 3 rings (SSSR count). The van der Waals surface area contributed by atoms with Crippen molar-refractivity contribution in [3.05, 3.63) is 40.9 Å². The predicted octanol–water partition coefficient (Wildman–Crippen LogP) is 3.57. The number of fused-ring (bicyclic) bond motifs is 1. The summed E-state index contributed by atoms with van der Waals surface area (Å²) in [4.78, 5) is -0.0281. The molecule has 1 atom stereocenters. The zero-order valence-corrected chi connectivity index (χ0v) is 16.5. The van der Waals surface area contributed by atoms with E-state index in [2.05, 4.69) is 9.82 Å². The lowest BCUT2D eigenvalue weighted by Crippen LogP contribution is -2.27. The molecule has 0 radical (unpaired) electrons. The average molecular weight is 398 g/mol. The smallest absolute Gasteiger partial charge is 0.246 e. The van der Waals surface area contributed by atoms with Gasteiger partial charge in [0, 0.05) is 12.4 Å². The Balaban J connectivity index is 1.93. The third kappa shape index (κ3) is 3.32. The molecule has 140 valence electrons. The topological polar surface area (TPSA) is 86.4 Å². The van der Waals surface area contributed by atoms with Crippen LogP contribution in [0.1, 0.15) is 31.3 Å². The molecule has 0 aliphatic rings. The van der Waals surface area contributed by atoms with E-state index >= 15 is 0 Å². The number of sulfonamides is 1. The van der Waals surface area contributed by atoms with Crippen molar-refractivity contribution in [3.63, 3.8) is 0 Å². The lowest BCUT2D eigenvalue weighted by molar-refractivity contribution is 0.336. The number of hydrogen-bond acceptors (Lipinski definition) is 5. The van der Waals surface area contributed by atoms with Crippen LogP contribution in [0.5, 0.6) is 5.75 Å². The summed E-state index contributed by atoms with van der Waals surface area (Å²) in [6.45, 7) is 5.70. The molecule has 0 saturated carbocycles. The molecular formula is C17H20ClN3O4S. The number of aryl methyl sites for hydroxylation is 2. The molecule has 0 aliphatic heterocycles. The van der Waals surface area contributed by atoms with Gasteiger partial charge in [-0.3, -0.25) is 4.68 Å². The first kappa shape index (κ1) is 18.8. The van der Waals surface area contributed by atoms with Crippen molar-refractivity contribution in [1.82, 2.24) is 14.5 Å². The Hall–Kier alpha value is -2.03. The summed E-state index contributed by atoms with van der Waals surface area (Å²) in [7, 11) is -2.27. The van der Waals surface area contributed by atoms with E-state index in [4.69, 9.17) is 20.8 Å². The van der Waals surface area contributed by atoms with Crippen LogP contribution in [0.3, 0.4) is 0 Å². The molecule has 1 N–H and O–H groups in total. The minimum Gasteiger partial charge on any atom is -0.490 e. The zero-order chi connectivity index (χ0) is 19.1. The van der Waals surface area contributed by atoms with E-state index < -0.39 is 16.1 Å². The van der Waals surface area contributed by atoms with E-state index in [0.717, 1.165) is 5.39 Å².